The van der Waals surface area contributed by atoms with Crippen LogP contribution in [-0.2, 0) is 4.79 Å². The highest BCUT2D eigenvalue weighted by molar-refractivity contribution is 5.73. The van der Waals surface area contributed by atoms with Gasteiger partial charge in [0.1, 0.15) is 6.04 Å². The number of alkyl halides is 3. The molecule has 0 spiro atoms. The van der Waals surface area contributed by atoms with Gasteiger partial charge in [-0.2, -0.15) is 13.2 Å². The number of aliphatic hydroxyl groups is 1. The SMILES string of the molecule is CC1CCN(CC(O)C(F)(F)F)C(C(=O)O)C1. The molecule has 17 heavy (non-hydrogen) atoms. The molecule has 7 heteroatoms. The standard InChI is InChI=1S/C10H16F3NO3/c1-6-2-3-14(7(4-6)9(16)17)5-8(15)10(11,12)13/h6-8,15H,2-5H2,1H3,(H,16,17). The third kappa shape index (κ3) is 3.85. The molecule has 3 atom stereocenters. The van der Waals surface area contributed by atoms with Crippen LogP contribution in [0.5, 0.6) is 0 Å². The number of aliphatic carboxylic acids is 1. The van der Waals surface area contributed by atoms with Crippen molar-refractivity contribution in [3.05, 3.63) is 0 Å². The van der Waals surface area contributed by atoms with E-state index < -0.39 is 30.8 Å². The van der Waals surface area contributed by atoms with Gasteiger partial charge < -0.3 is 10.2 Å². The summed E-state index contributed by atoms with van der Waals surface area (Å²) in [7, 11) is 0. The molecule has 4 nitrogen and oxygen atoms in total. The van der Waals surface area contributed by atoms with Crippen molar-refractivity contribution in [1.82, 2.24) is 4.90 Å². The average Bonchev–Trinajstić information content (AvgIpc) is 2.18. The number of likely N-dealkylation sites (tertiary alicyclic amines) is 1. The maximum atomic E-state index is 12.2. The van der Waals surface area contributed by atoms with Crippen molar-refractivity contribution in [2.75, 3.05) is 13.1 Å². The molecule has 1 saturated heterocycles. The van der Waals surface area contributed by atoms with E-state index >= 15 is 0 Å². The Morgan fingerprint density at radius 2 is 2.12 bits per heavy atom. The quantitative estimate of drug-likeness (QED) is 0.792. The maximum absolute atomic E-state index is 12.2. The Labute approximate surface area is 97.0 Å². The van der Waals surface area contributed by atoms with Crippen molar-refractivity contribution < 1.29 is 28.2 Å². The van der Waals surface area contributed by atoms with Gasteiger partial charge in [0.15, 0.2) is 6.10 Å². The number of β-amino-alcohol motifs (C(OH)–C–C–N with tert-alkyl or cyclic N) is 1. The second kappa shape index (κ2) is 5.22. The molecule has 1 aliphatic heterocycles. The molecular formula is C10H16F3NO3. The zero-order valence-electron chi connectivity index (χ0n) is 9.44. The third-order valence-electron chi connectivity index (χ3n) is 3.05. The fourth-order valence-electron chi connectivity index (χ4n) is 1.99. The van der Waals surface area contributed by atoms with Crippen LogP contribution >= 0.6 is 0 Å². The lowest BCUT2D eigenvalue weighted by atomic mass is 9.92. The second-order valence-corrected chi connectivity index (χ2v) is 4.54. The molecule has 0 saturated carbocycles. The van der Waals surface area contributed by atoms with Gasteiger partial charge in [-0.3, -0.25) is 9.69 Å². The van der Waals surface area contributed by atoms with Crippen LogP contribution in [0.15, 0.2) is 0 Å². The van der Waals surface area contributed by atoms with E-state index in [0.717, 1.165) is 0 Å². The van der Waals surface area contributed by atoms with Crippen LogP contribution in [0.3, 0.4) is 0 Å². The molecule has 100 valence electrons. The number of piperidine rings is 1. The van der Waals surface area contributed by atoms with Crippen molar-refractivity contribution >= 4 is 5.97 Å². The average molecular weight is 255 g/mol. The molecule has 0 aromatic rings. The van der Waals surface area contributed by atoms with Gasteiger partial charge >= 0.3 is 12.1 Å². The van der Waals surface area contributed by atoms with Crippen LogP contribution in [0.2, 0.25) is 0 Å². The molecule has 3 unspecified atom stereocenters. The summed E-state index contributed by atoms with van der Waals surface area (Å²) in [4.78, 5) is 12.1. The van der Waals surface area contributed by atoms with Crippen LogP contribution in [0.1, 0.15) is 19.8 Å². The monoisotopic (exact) mass is 255 g/mol. The van der Waals surface area contributed by atoms with Crippen LogP contribution in [0.25, 0.3) is 0 Å². The number of carbonyl (C=O) groups is 1. The Morgan fingerprint density at radius 1 is 1.53 bits per heavy atom. The topological polar surface area (TPSA) is 60.8 Å². The first-order chi connectivity index (χ1) is 7.71. The number of aliphatic hydroxyl groups excluding tert-OH is 1. The van der Waals surface area contributed by atoms with Gasteiger partial charge in [0.25, 0.3) is 0 Å². The molecule has 0 aliphatic carbocycles. The van der Waals surface area contributed by atoms with E-state index in [2.05, 4.69) is 0 Å². The molecule has 0 amide bonds. The summed E-state index contributed by atoms with van der Waals surface area (Å²) in [6.07, 6.45) is -6.22. The highest BCUT2D eigenvalue weighted by Gasteiger charge is 2.42. The van der Waals surface area contributed by atoms with Crippen molar-refractivity contribution in [2.24, 2.45) is 5.92 Å². The fourth-order valence-corrected chi connectivity index (χ4v) is 1.99. The minimum Gasteiger partial charge on any atom is -0.480 e. The van der Waals surface area contributed by atoms with Gasteiger partial charge in [-0.1, -0.05) is 6.92 Å². The number of hydrogen-bond acceptors (Lipinski definition) is 3. The first-order valence-electron chi connectivity index (χ1n) is 5.43. The van der Waals surface area contributed by atoms with Gasteiger partial charge in [0.05, 0.1) is 0 Å². The van der Waals surface area contributed by atoms with Crippen LogP contribution in [0, 0.1) is 5.92 Å². The molecule has 0 radical (unpaired) electrons. The Balaban J connectivity index is 2.65. The molecule has 0 bridgehead atoms. The summed E-state index contributed by atoms with van der Waals surface area (Å²) in [6.45, 7) is 1.46. The summed E-state index contributed by atoms with van der Waals surface area (Å²) in [6, 6.07) is -0.934. The predicted octanol–water partition coefficient (Wildman–Crippen LogP) is 1.09. The number of carboxylic acid groups (broad SMARTS) is 1. The van der Waals surface area contributed by atoms with Gasteiger partial charge in [-0.05, 0) is 25.3 Å². The van der Waals surface area contributed by atoms with Gasteiger partial charge in [0, 0.05) is 6.54 Å². The molecule has 2 N–H and O–H groups in total. The molecule has 1 heterocycles. The summed E-state index contributed by atoms with van der Waals surface area (Å²) >= 11 is 0. The van der Waals surface area contributed by atoms with Crippen LogP contribution < -0.4 is 0 Å². The van der Waals surface area contributed by atoms with Crippen molar-refractivity contribution in [1.29, 1.82) is 0 Å². The molecule has 1 rings (SSSR count). The number of hydrogen-bond donors (Lipinski definition) is 2. The molecule has 0 aromatic carbocycles. The summed E-state index contributed by atoms with van der Waals surface area (Å²) < 4.78 is 36.6. The molecule has 1 aliphatic rings. The van der Waals surface area contributed by atoms with E-state index in [0.29, 0.717) is 12.8 Å². The van der Waals surface area contributed by atoms with Gasteiger partial charge in [-0.15, -0.1) is 0 Å². The lowest BCUT2D eigenvalue weighted by Crippen LogP contribution is -2.51. The second-order valence-electron chi connectivity index (χ2n) is 4.54. The lowest BCUT2D eigenvalue weighted by Gasteiger charge is -2.37. The van der Waals surface area contributed by atoms with E-state index in [1.807, 2.05) is 6.92 Å². The van der Waals surface area contributed by atoms with E-state index in [1.54, 1.807) is 0 Å². The Kier molecular flexibility index (Phi) is 4.37. The lowest BCUT2D eigenvalue weighted by molar-refractivity contribution is -0.211. The van der Waals surface area contributed by atoms with E-state index in [9.17, 15) is 18.0 Å². The zero-order chi connectivity index (χ0) is 13.2. The van der Waals surface area contributed by atoms with Gasteiger partial charge in [0.2, 0.25) is 0 Å². The summed E-state index contributed by atoms with van der Waals surface area (Å²) in [5.74, 6) is -0.957. The molecular weight excluding hydrogens is 239 g/mol. The van der Waals surface area contributed by atoms with Crippen LogP contribution in [-0.4, -0.2) is 52.5 Å². The Bertz CT molecular complexity index is 282. The number of nitrogens with zero attached hydrogens (tertiary/aromatic N) is 1. The molecule has 0 aromatic heterocycles. The maximum Gasteiger partial charge on any atom is 0.415 e. The normalized spacial score (nSPS) is 29.0. The third-order valence-corrected chi connectivity index (χ3v) is 3.05. The first-order valence-corrected chi connectivity index (χ1v) is 5.43. The smallest absolute Gasteiger partial charge is 0.415 e. The predicted molar refractivity (Wildman–Crippen MR) is 53.5 cm³/mol. The molecule has 1 fully saturated rings. The van der Waals surface area contributed by atoms with Gasteiger partial charge in [-0.25, -0.2) is 0 Å². The van der Waals surface area contributed by atoms with Crippen LogP contribution in [0.4, 0.5) is 13.2 Å². The number of rotatable bonds is 3. The highest BCUT2D eigenvalue weighted by atomic mass is 19.4. The van der Waals surface area contributed by atoms with E-state index in [4.69, 9.17) is 10.2 Å². The van der Waals surface area contributed by atoms with Crippen molar-refractivity contribution in [3.8, 4) is 0 Å². The summed E-state index contributed by atoms with van der Waals surface area (Å²) in [5.41, 5.74) is 0. The Morgan fingerprint density at radius 3 is 2.59 bits per heavy atom. The Hall–Kier alpha value is -0.820. The fraction of sp³-hybridized carbons (Fsp3) is 0.900. The number of halogens is 3. The first kappa shape index (κ1) is 14.2. The zero-order valence-corrected chi connectivity index (χ0v) is 9.44. The van der Waals surface area contributed by atoms with E-state index in [-0.39, 0.29) is 12.5 Å². The minimum absolute atomic E-state index is 0.176. The van der Waals surface area contributed by atoms with Crippen molar-refractivity contribution in [3.63, 3.8) is 0 Å². The number of carboxylic acids is 1. The van der Waals surface area contributed by atoms with E-state index in [1.165, 1.54) is 4.90 Å². The summed E-state index contributed by atoms with van der Waals surface area (Å²) in [5, 5.41) is 17.9. The highest BCUT2D eigenvalue weighted by Crippen LogP contribution is 2.26. The van der Waals surface area contributed by atoms with Crippen molar-refractivity contribution in [2.45, 2.75) is 38.1 Å². The minimum atomic E-state index is -4.70. The largest absolute Gasteiger partial charge is 0.480 e.